The van der Waals surface area contributed by atoms with Gasteiger partial charge in [0.25, 0.3) is 0 Å². The third kappa shape index (κ3) is 8.42. The van der Waals surface area contributed by atoms with E-state index in [1.54, 1.807) is 12.1 Å². The summed E-state index contributed by atoms with van der Waals surface area (Å²) in [4.78, 5) is 14.5. The van der Waals surface area contributed by atoms with Crippen molar-refractivity contribution in [1.82, 2.24) is 19.5 Å². The summed E-state index contributed by atoms with van der Waals surface area (Å²) >= 11 is -2.32. The van der Waals surface area contributed by atoms with Crippen molar-refractivity contribution in [3.05, 3.63) is 161 Å². The van der Waals surface area contributed by atoms with Crippen molar-refractivity contribution < 1.29 is 40.2 Å². The first-order valence-corrected chi connectivity index (χ1v) is 29.8. The Labute approximate surface area is 414 Å². The number of pyridine rings is 2. The molecular weight excluding hydrogens is 1070 g/mol. The summed E-state index contributed by atoms with van der Waals surface area (Å²) in [6, 6.07) is 40.8. The molecule has 11 rings (SSSR count). The molecule has 1 radical (unpaired) electrons. The maximum Gasteiger partial charge on any atom is 0 e. The minimum atomic E-state index is -2.32. The van der Waals surface area contributed by atoms with E-state index in [9.17, 15) is 0 Å². The van der Waals surface area contributed by atoms with Crippen LogP contribution < -0.4 is 4.40 Å². The molecule has 0 aliphatic carbocycles. The molecule has 6 nitrogen and oxygen atoms in total. The molecule has 0 atom stereocenters. The minimum absolute atomic E-state index is 0. The van der Waals surface area contributed by atoms with Gasteiger partial charge in [0.05, 0.1) is 22.4 Å². The van der Waals surface area contributed by atoms with E-state index in [0.717, 1.165) is 70.6 Å². The molecule has 0 N–H and O–H groups in total. The molecule has 339 valence electrons. The topological polar surface area (TPSA) is 69.9 Å². The van der Waals surface area contributed by atoms with Crippen LogP contribution in [-0.4, -0.2) is 32.8 Å². The van der Waals surface area contributed by atoms with Crippen LogP contribution in [0.2, 0.25) is 17.3 Å². The molecule has 6 aromatic carbocycles. The second-order valence-corrected chi connectivity index (χ2v) is 29.4. The van der Waals surface area contributed by atoms with Gasteiger partial charge in [-0.3, -0.25) is 9.37 Å². The molecule has 0 saturated carbocycles. The molecular formula is C58H53FGeIrN4O2-2. The van der Waals surface area contributed by atoms with Gasteiger partial charge >= 0.3 is 139 Å². The number of hydrogen-bond acceptors (Lipinski definition) is 5. The van der Waals surface area contributed by atoms with E-state index in [0.29, 0.717) is 50.3 Å². The van der Waals surface area contributed by atoms with E-state index >= 15 is 4.39 Å². The molecule has 0 fully saturated rings. The number of aryl methyl sites for hydroxylation is 3. The van der Waals surface area contributed by atoms with Gasteiger partial charge in [0.15, 0.2) is 0 Å². The number of imidazole rings is 1. The minimum Gasteiger partial charge on any atom is 0 e. The van der Waals surface area contributed by atoms with Crippen molar-refractivity contribution in [2.75, 3.05) is 0 Å². The third-order valence-corrected chi connectivity index (χ3v) is 16.5. The molecule has 0 aliphatic heterocycles. The first-order chi connectivity index (χ1) is 33.6. The van der Waals surface area contributed by atoms with Crippen LogP contribution in [0.1, 0.15) is 68.4 Å². The Morgan fingerprint density at radius 3 is 2.28 bits per heavy atom. The number of aromatic nitrogens is 4. The van der Waals surface area contributed by atoms with Crippen molar-refractivity contribution >= 4 is 83.5 Å². The molecule has 5 aromatic heterocycles. The zero-order valence-corrected chi connectivity index (χ0v) is 43.4. The predicted octanol–water partition coefficient (Wildman–Crippen LogP) is 15.3. The largest absolute Gasteiger partial charge is 0 e. The van der Waals surface area contributed by atoms with Gasteiger partial charge in [0.1, 0.15) is 11.2 Å². The number of fused-ring (bicyclic) bond motifs is 8. The van der Waals surface area contributed by atoms with Crippen LogP contribution in [0, 0.1) is 44.6 Å². The zero-order valence-electron chi connectivity index (χ0n) is 43.9. The molecule has 0 saturated heterocycles. The van der Waals surface area contributed by atoms with Crippen LogP contribution in [0.25, 0.3) is 94.1 Å². The van der Waals surface area contributed by atoms with Gasteiger partial charge in [-0.1, -0.05) is 61.9 Å². The van der Waals surface area contributed by atoms with Crippen LogP contribution in [-0.2, 0) is 26.5 Å². The van der Waals surface area contributed by atoms with Crippen LogP contribution in [0.15, 0.2) is 124 Å². The summed E-state index contributed by atoms with van der Waals surface area (Å²) in [6.07, 6.45) is 0.362. The van der Waals surface area contributed by atoms with E-state index in [4.69, 9.17) is 25.7 Å². The second kappa shape index (κ2) is 17.9. The van der Waals surface area contributed by atoms with Crippen molar-refractivity contribution in [2.24, 2.45) is 5.92 Å². The van der Waals surface area contributed by atoms with E-state index in [1.165, 1.54) is 12.1 Å². The van der Waals surface area contributed by atoms with E-state index in [2.05, 4.69) is 103 Å². The quantitative estimate of drug-likeness (QED) is 0.117. The molecule has 5 heterocycles. The average molecular weight is 1130 g/mol. The molecule has 11 aromatic rings. The number of hydrogen-bond donors (Lipinski definition) is 0. The Balaban J connectivity index is 0.000000204. The van der Waals surface area contributed by atoms with Gasteiger partial charge in [-0.05, 0) is 77.9 Å². The summed E-state index contributed by atoms with van der Waals surface area (Å²) in [5.41, 5.74) is 10.9. The number of rotatable bonds is 7. The van der Waals surface area contributed by atoms with Gasteiger partial charge in [0.2, 0.25) is 5.71 Å². The average Bonchev–Trinajstić information content (AvgIpc) is 4.02. The van der Waals surface area contributed by atoms with Crippen LogP contribution >= 0.6 is 0 Å². The van der Waals surface area contributed by atoms with Crippen molar-refractivity contribution in [2.45, 2.75) is 78.0 Å². The second-order valence-electron chi connectivity index (χ2n) is 18.8. The van der Waals surface area contributed by atoms with Crippen LogP contribution in [0.4, 0.5) is 4.39 Å². The first-order valence-electron chi connectivity index (χ1n) is 24.9. The SMILES string of the molecule is Cc1cc2c(oc3ccccc32)c(C)c1-n1c(-c2[c-]cc(F)c3c2oc2nc(C(C)C)ccc23)nc2cc3ccccc3cc21.[2H]C([2H])([2H])c1c[c-]c(-c2cc(C([2H])([2H])C(C)C)[c]([Ge]([CH3])([CH3])[CH3])cn2)cc1.[Ir]. The monoisotopic (exact) mass is 1130 g/mol. The Morgan fingerprint density at radius 2 is 1.57 bits per heavy atom. The number of benzene rings is 6. The third-order valence-electron chi connectivity index (χ3n) is 12.3. The van der Waals surface area contributed by atoms with Gasteiger partial charge in [-0.2, -0.15) is 0 Å². The van der Waals surface area contributed by atoms with Crippen molar-refractivity contribution in [1.29, 1.82) is 0 Å². The van der Waals surface area contributed by atoms with Gasteiger partial charge in [0, 0.05) is 59.0 Å². The fourth-order valence-electron chi connectivity index (χ4n) is 9.06. The van der Waals surface area contributed by atoms with Crippen molar-refractivity contribution in [3.63, 3.8) is 0 Å². The van der Waals surface area contributed by atoms with E-state index < -0.39 is 32.3 Å². The molecule has 0 bridgehead atoms. The number of halogens is 1. The zero-order chi connectivity index (χ0) is 50.5. The summed E-state index contributed by atoms with van der Waals surface area (Å²) < 4.78 is 71.2. The van der Waals surface area contributed by atoms with E-state index in [-0.39, 0.29) is 37.5 Å². The smallest absolute Gasteiger partial charge is 0 e. The van der Waals surface area contributed by atoms with Crippen LogP contribution in [0.3, 0.4) is 0 Å². The maximum atomic E-state index is 15.6. The summed E-state index contributed by atoms with van der Waals surface area (Å²) in [5.74, 6) is 6.93. The molecule has 9 heteroatoms. The summed E-state index contributed by atoms with van der Waals surface area (Å²) in [5, 5.41) is 5.35. The summed E-state index contributed by atoms with van der Waals surface area (Å²) in [6.45, 7) is 9.97. The van der Waals surface area contributed by atoms with Gasteiger partial charge < -0.3 is 13.4 Å². The Kier molecular flexibility index (Phi) is 10.8. The summed E-state index contributed by atoms with van der Waals surface area (Å²) in [7, 11) is 0. The number of nitrogens with zero attached hydrogens (tertiary/aromatic N) is 4. The molecule has 0 unspecified atom stereocenters. The molecule has 0 spiro atoms. The predicted molar refractivity (Wildman–Crippen MR) is 273 cm³/mol. The Morgan fingerprint density at radius 1 is 0.806 bits per heavy atom. The Hall–Kier alpha value is -5.93. The number of furan rings is 2. The fourth-order valence-corrected chi connectivity index (χ4v) is 12.0. The standard InChI is InChI=1S/C39H27FN3O2.C19H26GeN.Ir/c1-20(2)30-16-14-26-34-29(40)15-13-27(37(34)45-39(26)42-30)38-41-31-18-23-9-5-6-10-24(23)19-32(31)43(38)35-21(3)17-28-25-11-7-8-12-33(25)44-36(28)22(35)4;1-14(2)11-17-12-19(16-9-7-15(3)8-10-16)21-13-18(17)20(4,5)6;/h5-12,14-20H,1-4H3;7-9,12-14H,11H2,1-6H3;/q2*-1;/i;3D3,11D2;. The normalized spacial score (nSPS) is 13.5. The first kappa shape index (κ1) is 40.2. The maximum absolute atomic E-state index is 15.6. The fraction of sp³-hybridized carbons (Fsp3) is 0.224. The van der Waals surface area contributed by atoms with E-state index in [1.807, 2.05) is 68.6 Å². The molecule has 0 amide bonds. The number of para-hydroxylation sites is 1. The van der Waals surface area contributed by atoms with Gasteiger partial charge in [-0.25, -0.2) is 4.98 Å². The van der Waals surface area contributed by atoms with Crippen LogP contribution in [0.5, 0.6) is 0 Å². The molecule has 0 aliphatic rings. The Bertz CT molecular complexity index is 3890. The molecule has 67 heavy (non-hydrogen) atoms. The van der Waals surface area contributed by atoms with Gasteiger partial charge in [-0.15, -0.1) is 12.1 Å². The van der Waals surface area contributed by atoms with Crippen molar-refractivity contribution in [3.8, 4) is 28.3 Å².